The Kier molecular flexibility index (Phi) is 6.13. The van der Waals surface area contributed by atoms with Crippen molar-refractivity contribution >= 4 is 11.6 Å². The Bertz CT molecular complexity index is 644. The fourth-order valence-electron chi connectivity index (χ4n) is 3.17. The molecule has 24 heavy (non-hydrogen) atoms. The number of methoxy groups -OCH3 is 1. The number of para-hydroxylation sites is 1. The molecule has 0 N–H and O–H groups in total. The minimum Gasteiger partial charge on any atom is -0.496 e. The quantitative estimate of drug-likeness (QED) is 0.783. The third-order valence-corrected chi connectivity index (χ3v) is 4.72. The van der Waals surface area contributed by atoms with E-state index in [0.717, 1.165) is 49.9 Å². The Morgan fingerprint density at radius 2 is 1.96 bits per heavy atom. The van der Waals surface area contributed by atoms with E-state index in [0.29, 0.717) is 0 Å². The molecule has 0 spiro atoms. The number of ether oxygens (including phenoxy) is 2. The summed E-state index contributed by atoms with van der Waals surface area (Å²) in [6.07, 6.45) is 2.26. The standard InChI is InChI=1S/C20H24ClNO2/c1-23-20-5-3-2-4-17(20)8-11-19-15-22(12-13-24-19)14-16-6-9-18(21)10-7-16/h2-7,9-10,19H,8,11-15H2,1H3. The first kappa shape index (κ1) is 17.3. The SMILES string of the molecule is COc1ccccc1CCC1CN(Cc2ccc(Cl)cc2)CCO1. The molecule has 0 bridgehead atoms. The lowest BCUT2D eigenvalue weighted by atomic mass is 10.0. The van der Waals surface area contributed by atoms with Crippen LogP contribution < -0.4 is 4.74 Å². The molecule has 1 fully saturated rings. The fraction of sp³-hybridized carbons (Fsp3) is 0.400. The van der Waals surface area contributed by atoms with E-state index >= 15 is 0 Å². The summed E-state index contributed by atoms with van der Waals surface area (Å²) < 4.78 is 11.4. The molecule has 1 aliphatic rings. The fourth-order valence-corrected chi connectivity index (χ4v) is 3.30. The highest BCUT2D eigenvalue weighted by Gasteiger charge is 2.20. The number of nitrogens with zero attached hydrogens (tertiary/aromatic N) is 1. The molecule has 0 aromatic heterocycles. The van der Waals surface area contributed by atoms with E-state index in [2.05, 4.69) is 29.2 Å². The van der Waals surface area contributed by atoms with Crippen molar-refractivity contribution in [3.8, 4) is 5.75 Å². The molecule has 0 radical (unpaired) electrons. The summed E-state index contributed by atoms with van der Waals surface area (Å²) >= 11 is 5.96. The number of benzene rings is 2. The van der Waals surface area contributed by atoms with Crippen molar-refractivity contribution in [3.63, 3.8) is 0 Å². The highest BCUT2D eigenvalue weighted by molar-refractivity contribution is 6.30. The lowest BCUT2D eigenvalue weighted by Gasteiger charge is -2.33. The smallest absolute Gasteiger partial charge is 0.122 e. The average molecular weight is 346 g/mol. The molecule has 0 amide bonds. The Morgan fingerprint density at radius 1 is 1.17 bits per heavy atom. The number of hydrogen-bond acceptors (Lipinski definition) is 3. The van der Waals surface area contributed by atoms with Gasteiger partial charge in [0.25, 0.3) is 0 Å². The molecule has 3 nitrogen and oxygen atoms in total. The second kappa shape index (κ2) is 8.52. The maximum absolute atomic E-state index is 5.96. The molecule has 4 heteroatoms. The van der Waals surface area contributed by atoms with Gasteiger partial charge in [0.05, 0.1) is 19.8 Å². The van der Waals surface area contributed by atoms with Crippen LogP contribution in [0, 0.1) is 0 Å². The van der Waals surface area contributed by atoms with E-state index in [1.54, 1.807) is 7.11 Å². The summed E-state index contributed by atoms with van der Waals surface area (Å²) in [7, 11) is 1.73. The molecule has 0 saturated carbocycles. The zero-order valence-corrected chi connectivity index (χ0v) is 14.8. The molecule has 1 saturated heterocycles. The van der Waals surface area contributed by atoms with Gasteiger partial charge in [0.2, 0.25) is 0 Å². The zero-order valence-electron chi connectivity index (χ0n) is 14.1. The first-order valence-corrected chi connectivity index (χ1v) is 8.82. The molecule has 1 atom stereocenters. The second-order valence-corrected chi connectivity index (χ2v) is 6.64. The predicted molar refractivity (Wildman–Crippen MR) is 97.8 cm³/mol. The predicted octanol–water partition coefficient (Wildman–Crippen LogP) is 4.18. The summed E-state index contributed by atoms with van der Waals surface area (Å²) in [5.41, 5.74) is 2.54. The van der Waals surface area contributed by atoms with Gasteiger partial charge in [-0.25, -0.2) is 0 Å². The molecule has 1 unspecified atom stereocenters. The highest BCUT2D eigenvalue weighted by atomic mass is 35.5. The van der Waals surface area contributed by atoms with Gasteiger partial charge >= 0.3 is 0 Å². The van der Waals surface area contributed by atoms with E-state index in [9.17, 15) is 0 Å². The van der Waals surface area contributed by atoms with Gasteiger partial charge in [0.1, 0.15) is 5.75 Å². The van der Waals surface area contributed by atoms with Crippen LogP contribution in [0.3, 0.4) is 0 Å². The minimum atomic E-state index is 0.274. The van der Waals surface area contributed by atoms with E-state index in [1.807, 2.05) is 24.3 Å². The van der Waals surface area contributed by atoms with Gasteiger partial charge in [-0.15, -0.1) is 0 Å². The van der Waals surface area contributed by atoms with E-state index in [1.165, 1.54) is 11.1 Å². The van der Waals surface area contributed by atoms with E-state index in [-0.39, 0.29) is 6.10 Å². The van der Waals surface area contributed by atoms with Crippen LogP contribution in [-0.2, 0) is 17.7 Å². The maximum Gasteiger partial charge on any atom is 0.122 e. The van der Waals surface area contributed by atoms with Crippen LogP contribution in [0.5, 0.6) is 5.75 Å². The van der Waals surface area contributed by atoms with Crippen LogP contribution in [0.1, 0.15) is 17.5 Å². The maximum atomic E-state index is 5.96. The largest absolute Gasteiger partial charge is 0.496 e. The van der Waals surface area contributed by atoms with Crippen molar-refractivity contribution in [3.05, 3.63) is 64.7 Å². The van der Waals surface area contributed by atoms with Crippen molar-refractivity contribution in [2.24, 2.45) is 0 Å². The number of rotatable bonds is 6. The van der Waals surface area contributed by atoms with Gasteiger partial charge in [-0.3, -0.25) is 4.90 Å². The third-order valence-electron chi connectivity index (χ3n) is 4.47. The zero-order chi connectivity index (χ0) is 16.8. The molecule has 128 valence electrons. The second-order valence-electron chi connectivity index (χ2n) is 6.20. The van der Waals surface area contributed by atoms with Crippen LogP contribution in [0.2, 0.25) is 5.02 Å². The molecule has 1 aliphatic heterocycles. The van der Waals surface area contributed by atoms with Gasteiger partial charge in [0, 0.05) is 24.7 Å². The minimum absolute atomic E-state index is 0.274. The summed E-state index contributed by atoms with van der Waals surface area (Å²) in [4.78, 5) is 2.46. The van der Waals surface area contributed by atoms with Gasteiger partial charge in [-0.1, -0.05) is 41.9 Å². The molecule has 3 rings (SSSR count). The molecular formula is C20H24ClNO2. The number of halogens is 1. The van der Waals surface area contributed by atoms with Crippen molar-refractivity contribution in [2.75, 3.05) is 26.8 Å². The normalized spacial score (nSPS) is 18.5. The molecule has 2 aromatic carbocycles. The van der Waals surface area contributed by atoms with Crippen LogP contribution in [0.15, 0.2) is 48.5 Å². The van der Waals surface area contributed by atoms with Crippen LogP contribution in [0.4, 0.5) is 0 Å². The monoisotopic (exact) mass is 345 g/mol. The van der Waals surface area contributed by atoms with Crippen molar-refractivity contribution in [1.29, 1.82) is 0 Å². The Morgan fingerprint density at radius 3 is 2.75 bits per heavy atom. The molecule has 1 heterocycles. The number of hydrogen-bond donors (Lipinski definition) is 0. The molecule has 0 aliphatic carbocycles. The van der Waals surface area contributed by atoms with Crippen LogP contribution >= 0.6 is 11.6 Å². The van der Waals surface area contributed by atoms with Crippen molar-refractivity contribution < 1.29 is 9.47 Å². The Labute approximate surface area is 149 Å². The summed E-state index contributed by atoms with van der Waals surface area (Å²) in [6, 6.07) is 16.3. The number of aryl methyl sites for hydroxylation is 1. The average Bonchev–Trinajstić information content (AvgIpc) is 2.62. The molecular weight excluding hydrogens is 322 g/mol. The topological polar surface area (TPSA) is 21.7 Å². The van der Waals surface area contributed by atoms with Gasteiger partial charge in [-0.05, 0) is 42.2 Å². The van der Waals surface area contributed by atoms with Crippen LogP contribution in [0.25, 0.3) is 0 Å². The van der Waals surface area contributed by atoms with Crippen molar-refractivity contribution in [1.82, 2.24) is 4.90 Å². The van der Waals surface area contributed by atoms with E-state index in [4.69, 9.17) is 21.1 Å². The van der Waals surface area contributed by atoms with Gasteiger partial charge in [0.15, 0.2) is 0 Å². The third kappa shape index (κ3) is 4.73. The summed E-state index contributed by atoms with van der Waals surface area (Å²) in [5.74, 6) is 0.964. The summed E-state index contributed by atoms with van der Waals surface area (Å²) in [6.45, 7) is 3.70. The summed E-state index contributed by atoms with van der Waals surface area (Å²) in [5, 5.41) is 0.787. The lowest BCUT2D eigenvalue weighted by molar-refractivity contribution is -0.0346. The van der Waals surface area contributed by atoms with Gasteiger partial charge < -0.3 is 9.47 Å². The van der Waals surface area contributed by atoms with Crippen molar-refractivity contribution in [2.45, 2.75) is 25.5 Å². The highest BCUT2D eigenvalue weighted by Crippen LogP contribution is 2.21. The Balaban J connectivity index is 1.52. The van der Waals surface area contributed by atoms with Crippen LogP contribution in [-0.4, -0.2) is 37.8 Å². The first-order valence-electron chi connectivity index (χ1n) is 8.45. The number of morpholine rings is 1. The Hall–Kier alpha value is -1.55. The van der Waals surface area contributed by atoms with Gasteiger partial charge in [-0.2, -0.15) is 0 Å². The lowest BCUT2D eigenvalue weighted by Crippen LogP contribution is -2.42. The first-order chi connectivity index (χ1) is 11.7. The molecule has 2 aromatic rings. The van der Waals surface area contributed by atoms with E-state index < -0.39 is 0 Å².